The first-order valence-corrected chi connectivity index (χ1v) is 5.40. The molecule has 84 valence electrons. The predicted molar refractivity (Wildman–Crippen MR) is 64.1 cm³/mol. The van der Waals surface area contributed by atoms with Gasteiger partial charge in [0.25, 0.3) is 0 Å². The summed E-state index contributed by atoms with van der Waals surface area (Å²) in [5, 5.41) is 10.2. The van der Waals surface area contributed by atoms with Crippen LogP contribution in [-0.4, -0.2) is 16.1 Å². The minimum atomic E-state index is -0.869. The normalized spacial score (nSPS) is 10.9. The highest BCUT2D eigenvalue weighted by molar-refractivity contribution is 6.04. The lowest BCUT2D eigenvalue weighted by atomic mass is 10.0. The molecule has 2 N–H and O–H groups in total. The summed E-state index contributed by atoms with van der Waals surface area (Å²) >= 11 is 0. The van der Waals surface area contributed by atoms with Crippen LogP contribution in [0.2, 0.25) is 0 Å². The molecule has 0 radical (unpaired) electrons. The van der Waals surface area contributed by atoms with Crippen molar-refractivity contribution in [3.63, 3.8) is 0 Å². The number of fused-ring (bicyclic) bond motifs is 1. The number of rotatable bonds is 2. The number of aryl methyl sites for hydroxylation is 3. The molecule has 0 aliphatic carbocycles. The van der Waals surface area contributed by atoms with E-state index in [9.17, 15) is 9.90 Å². The molecule has 1 heterocycles. The summed E-state index contributed by atoms with van der Waals surface area (Å²) in [6.45, 7) is 5.89. The van der Waals surface area contributed by atoms with E-state index in [4.69, 9.17) is 0 Å². The van der Waals surface area contributed by atoms with Crippen LogP contribution in [0.15, 0.2) is 12.1 Å². The van der Waals surface area contributed by atoms with E-state index in [0.29, 0.717) is 5.56 Å². The molecule has 0 fully saturated rings. The number of H-pyrrole nitrogens is 1. The Hall–Kier alpha value is -1.77. The second kappa shape index (κ2) is 3.67. The number of carboxylic acid groups (broad SMARTS) is 1. The fourth-order valence-corrected chi connectivity index (χ4v) is 2.28. The first-order valence-electron chi connectivity index (χ1n) is 5.40. The first-order chi connectivity index (χ1) is 7.56. The zero-order valence-corrected chi connectivity index (χ0v) is 9.72. The van der Waals surface area contributed by atoms with Gasteiger partial charge < -0.3 is 10.1 Å². The standard InChI is InChI=1S/C13H15NO2/c1-4-9-8(3)14-12-10(9)6-5-7(2)11(12)13(15)16/h5-6,14H,4H2,1-3H3,(H,15,16). The maximum Gasteiger partial charge on any atom is 0.338 e. The quantitative estimate of drug-likeness (QED) is 0.812. The average molecular weight is 217 g/mol. The number of hydrogen-bond donors (Lipinski definition) is 2. The molecule has 1 aromatic carbocycles. The summed E-state index contributed by atoms with van der Waals surface area (Å²) in [6, 6.07) is 3.87. The van der Waals surface area contributed by atoms with Crippen molar-refractivity contribution in [2.24, 2.45) is 0 Å². The molecule has 3 nitrogen and oxygen atoms in total. The van der Waals surface area contributed by atoms with Crippen molar-refractivity contribution in [2.75, 3.05) is 0 Å². The smallest absolute Gasteiger partial charge is 0.338 e. The predicted octanol–water partition coefficient (Wildman–Crippen LogP) is 3.05. The van der Waals surface area contributed by atoms with Crippen LogP contribution < -0.4 is 0 Å². The summed E-state index contributed by atoms with van der Waals surface area (Å²) < 4.78 is 0. The molecule has 3 heteroatoms. The van der Waals surface area contributed by atoms with E-state index in [1.165, 1.54) is 5.56 Å². The van der Waals surface area contributed by atoms with E-state index in [-0.39, 0.29) is 0 Å². The number of carbonyl (C=O) groups is 1. The second-order valence-electron chi connectivity index (χ2n) is 4.07. The lowest BCUT2D eigenvalue weighted by Crippen LogP contribution is -2.00. The van der Waals surface area contributed by atoms with Crippen molar-refractivity contribution >= 4 is 16.9 Å². The molecule has 1 aromatic heterocycles. The molecule has 0 aliphatic rings. The summed E-state index contributed by atoms with van der Waals surface area (Å²) in [7, 11) is 0. The molecular formula is C13H15NO2. The Bertz CT molecular complexity index is 567. The first kappa shape index (κ1) is 10.7. The third-order valence-corrected chi connectivity index (χ3v) is 3.07. The molecule has 2 rings (SSSR count). The van der Waals surface area contributed by atoms with E-state index in [0.717, 1.165) is 28.6 Å². The van der Waals surface area contributed by atoms with Gasteiger partial charge in [-0.1, -0.05) is 19.1 Å². The zero-order valence-electron chi connectivity index (χ0n) is 9.72. The van der Waals surface area contributed by atoms with Gasteiger partial charge >= 0.3 is 5.97 Å². The maximum atomic E-state index is 11.2. The highest BCUT2D eigenvalue weighted by Gasteiger charge is 2.16. The van der Waals surface area contributed by atoms with Crippen LogP contribution in [0.3, 0.4) is 0 Å². The van der Waals surface area contributed by atoms with E-state index in [2.05, 4.69) is 11.9 Å². The van der Waals surface area contributed by atoms with Crippen molar-refractivity contribution in [3.8, 4) is 0 Å². The molecule has 0 atom stereocenters. The molecule has 0 aliphatic heterocycles. The number of benzene rings is 1. The third-order valence-electron chi connectivity index (χ3n) is 3.07. The number of hydrogen-bond acceptors (Lipinski definition) is 1. The van der Waals surface area contributed by atoms with Gasteiger partial charge in [0.05, 0.1) is 11.1 Å². The lowest BCUT2D eigenvalue weighted by molar-refractivity contribution is 0.0698. The maximum absolute atomic E-state index is 11.2. The molecular weight excluding hydrogens is 202 g/mol. The summed E-state index contributed by atoms with van der Waals surface area (Å²) in [5.74, 6) is -0.869. The van der Waals surface area contributed by atoms with Crippen LogP contribution in [-0.2, 0) is 6.42 Å². The Kier molecular flexibility index (Phi) is 2.46. The minimum absolute atomic E-state index is 0.389. The minimum Gasteiger partial charge on any atom is -0.478 e. The van der Waals surface area contributed by atoms with Gasteiger partial charge in [0.2, 0.25) is 0 Å². The molecule has 0 saturated carbocycles. The van der Waals surface area contributed by atoms with Crippen LogP contribution in [0.25, 0.3) is 10.9 Å². The number of aromatic amines is 1. The molecule has 0 unspecified atom stereocenters. The largest absolute Gasteiger partial charge is 0.478 e. The monoisotopic (exact) mass is 217 g/mol. The van der Waals surface area contributed by atoms with Gasteiger partial charge in [-0.05, 0) is 31.4 Å². The fraction of sp³-hybridized carbons (Fsp3) is 0.308. The zero-order chi connectivity index (χ0) is 11.9. The van der Waals surface area contributed by atoms with Crippen LogP contribution in [0.1, 0.15) is 34.1 Å². The third kappa shape index (κ3) is 1.40. The van der Waals surface area contributed by atoms with Gasteiger partial charge in [0.15, 0.2) is 0 Å². The summed E-state index contributed by atoms with van der Waals surface area (Å²) in [4.78, 5) is 14.4. The topological polar surface area (TPSA) is 53.1 Å². The Balaban J connectivity index is 2.89. The van der Waals surface area contributed by atoms with E-state index >= 15 is 0 Å². The van der Waals surface area contributed by atoms with Gasteiger partial charge in [-0.15, -0.1) is 0 Å². The Morgan fingerprint density at radius 2 is 2.06 bits per heavy atom. The van der Waals surface area contributed by atoms with Crippen molar-refractivity contribution in [1.29, 1.82) is 0 Å². The molecule has 2 aromatic rings. The van der Waals surface area contributed by atoms with Crippen LogP contribution in [0.5, 0.6) is 0 Å². The van der Waals surface area contributed by atoms with Gasteiger partial charge in [0.1, 0.15) is 0 Å². The molecule has 0 saturated heterocycles. The van der Waals surface area contributed by atoms with Gasteiger partial charge in [0, 0.05) is 11.1 Å². The number of carboxylic acids is 1. The van der Waals surface area contributed by atoms with Crippen molar-refractivity contribution in [1.82, 2.24) is 4.98 Å². The highest BCUT2D eigenvalue weighted by atomic mass is 16.4. The molecule has 0 amide bonds. The summed E-state index contributed by atoms with van der Waals surface area (Å²) in [5.41, 5.74) is 4.20. The van der Waals surface area contributed by atoms with Crippen LogP contribution in [0.4, 0.5) is 0 Å². The van der Waals surface area contributed by atoms with Crippen molar-refractivity contribution in [3.05, 3.63) is 34.5 Å². The SMILES string of the molecule is CCc1c(C)[nH]c2c(C(=O)O)c(C)ccc12. The van der Waals surface area contributed by atoms with Gasteiger partial charge in [-0.25, -0.2) is 4.79 Å². The summed E-state index contributed by atoms with van der Waals surface area (Å²) in [6.07, 6.45) is 0.911. The van der Waals surface area contributed by atoms with Crippen molar-refractivity contribution < 1.29 is 9.90 Å². The van der Waals surface area contributed by atoms with Gasteiger partial charge in [-0.2, -0.15) is 0 Å². The fourth-order valence-electron chi connectivity index (χ4n) is 2.28. The Morgan fingerprint density at radius 3 is 2.62 bits per heavy atom. The Labute approximate surface area is 94.1 Å². The van der Waals surface area contributed by atoms with E-state index in [1.807, 2.05) is 26.0 Å². The number of nitrogens with one attached hydrogen (secondary N) is 1. The van der Waals surface area contributed by atoms with E-state index in [1.54, 1.807) is 0 Å². The second-order valence-corrected chi connectivity index (χ2v) is 4.07. The van der Waals surface area contributed by atoms with Crippen LogP contribution >= 0.6 is 0 Å². The molecule has 0 spiro atoms. The van der Waals surface area contributed by atoms with E-state index < -0.39 is 5.97 Å². The lowest BCUT2D eigenvalue weighted by Gasteiger charge is -2.02. The van der Waals surface area contributed by atoms with Crippen molar-refractivity contribution in [2.45, 2.75) is 27.2 Å². The number of aromatic carboxylic acids is 1. The highest BCUT2D eigenvalue weighted by Crippen LogP contribution is 2.27. The van der Waals surface area contributed by atoms with Gasteiger partial charge in [-0.3, -0.25) is 0 Å². The van der Waals surface area contributed by atoms with Crippen LogP contribution in [0, 0.1) is 13.8 Å². The number of aromatic nitrogens is 1. The Morgan fingerprint density at radius 1 is 1.38 bits per heavy atom. The molecule has 0 bridgehead atoms. The molecule has 16 heavy (non-hydrogen) atoms. The average Bonchev–Trinajstić information content (AvgIpc) is 2.52.